The molecule has 1 aliphatic rings. The molecule has 0 fully saturated rings. The molecule has 0 bridgehead atoms. The third-order valence-electron chi connectivity index (χ3n) is 0.880. The molecule has 1 unspecified atom stereocenters. The van der Waals surface area contributed by atoms with Crippen LogP contribution >= 0.6 is 7.12 Å². The second-order valence-electron chi connectivity index (χ2n) is 1.62. The SMILES string of the molecule is CC1=C[PH+]([S-])C=C1. The minimum atomic E-state index is -0.565. The highest BCUT2D eigenvalue weighted by atomic mass is 32.7. The molecule has 1 rings (SSSR count). The van der Waals surface area contributed by atoms with E-state index in [9.17, 15) is 0 Å². The predicted molar refractivity (Wildman–Crippen MR) is 38.6 cm³/mol. The van der Waals surface area contributed by atoms with Crippen molar-refractivity contribution in [1.29, 1.82) is 0 Å². The highest BCUT2D eigenvalue weighted by molar-refractivity contribution is 8.36. The maximum Gasteiger partial charge on any atom is 0.0425 e. The summed E-state index contributed by atoms with van der Waals surface area (Å²) < 4.78 is 0. The summed E-state index contributed by atoms with van der Waals surface area (Å²) in [6, 6.07) is 0. The molecule has 0 radical (unpaired) electrons. The van der Waals surface area contributed by atoms with Crippen molar-refractivity contribution >= 4 is 19.4 Å². The first-order chi connectivity index (χ1) is 3.29. The Hall–Kier alpha value is 0.260. The second kappa shape index (κ2) is 2.02. The van der Waals surface area contributed by atoms with Gasteiger partial charge in [-0.05, 0) is 18.6 Å². The molecule has 0 N–H and O–H groups in total. The Bertz CT molecular complexity index is 126. The van der Waals surface area contributed by atoms with Gasteiger partial charge in [-0.2, -0.15) is 0 Å². The van der Waals surface area contributed by atoms with E-state index in [1.807, 2.05) is 0 Å². The van der Waals surface area contributed by atoms with Crippen LogP contribution < -0.4 is 0 Å². The van der Waals surface area contributed by atoms with Gasteiger partial charge in [-0.15, -0.1) is 0 Å². The highest BCUT2D eigenvalue weighted by Crippen LogP contribution is 2.41. The lowest BCUT2D eigenvalue weighted by atomic mass is 10.4. The van der Waals surface area contributed by atoms with E-state index in [4.69, 9.17) is 12.2 Å². The first kappa shape index (κ1) is 5.40. The number of hydrogen-bond donors (Lipinski definition) is 0. The van der Waals surface area contributed by atoms with E-state index >= 15 is 0 Å². The van der Waals surface area contributed by atoms with Gasteiger partial charge in [0, 0.05) is 11.6 Å². The zero-order chi connectivity index (χ0) is 5.28. The zero-order valence-corrected chi connectivity index (χ0v) is 5.96. The molecule has 0 nitrogen and oxygen atoms in total. The third-order valence-corrected chi connectivity index (χ3v) is 2.88. The average Bonchev–Trinajstić information content (AvgIpc) is 1.87. The summed E-state index contributed by atoms with van der Waals surface area (Å²) in [7, 11) is -0.565. The molecule has 1 aliphatic heterocycles. The van der Waals surface area contributed by atoms with Crippen LogP contribution in [0.5, 0.6) is 0 Å². The van der Waals surface area contributed by atoms with Gasteiger partial charge in [0.25, 0.3) is 0 Å². The van der Waals surface area contributed by atoms with Crippen LogP contribution in [0.3, 0.4) is 0 Å². The van der Waals surface area contributed by atoms with Gasteiger partial charge in [0.2, 0.25) is 0 Å². The predicted octanol–water partition coefficient (Wildman–Crippen LogP) is 2.09. The topological polar surface area (TPSA) is 0 Å². The molecule has 0 saturated heterocycles. The number of hydrogen-bond acceptors (Lipinski definition) is 1. The van der Waals surface area contributed by atoms with Gasteiger partial charge >= 0.3 is 0 Å². The van der Waals surface area contributed by atoms with Gasteiger partial charge in [0.1, 0.15) is 0 Å². The molecular formula is C5H7PS. The summed E-state index contributed by atoms with van der Waals surface area (Å²) in [6.45, 7) is 2.08. The third kappa shape index (κ3) is 1.32. The van der Waals surface area contributed by atoms with Gasteiger partial charge < -0.3 is 12.2 Å². The lowest BCUT2D eigenvalue weighted by molar-refractivity contribution is 1.58. The van der Waals surface area contributed by atoms with Gasteiger partial charge in [-0.25, -0.2) is 0 Å². The molecule has 0 saturated carbocycles. The molecule has 1 atom stereocenters. The second-order valence-corrected chi connectivity index (χ2v) is 4.47. The molecule has 0 spiro atoms. The number of allylic oxidation sites excluding steroid dienone is 2. The first-order valence-electron chi connectivity index (χ1n) is 2.19. The van der Waals surface area contributed by atoms with Crippen LogP contribution in [-0.4, -0.2) is 0 Å². The van der Waals surface area contributed by atoms with E-state index in [2.05, 4.69) is 24.6 Å². The lowest BCUT2D eigenvalue weighted by Gasteiger charge is -1.93. The zero-order valence-electron chi connectivity index (χ0n) is 4.14. The van der Waals surface area contributed by atoms with Gasteiger partial charge in [0.15, 0.2) is 0 Å². The molecule has 0 aromatic heterocycles. The van der Waals surface area contributed by atoms with Crippen molar-refractivity contribution in [1.82, 2.24) is 0 Å². The first-order valence-corrected chi connectivity index (χ1v) is 4.98. The summed E-state index contributed by atoms with van der Waals surface area (Å²) >= 11 is 5.02. The van der Waals surface area contributed by atoms with E-state index in [0.29, 0.717) is 0 Å². The molecule has 38 valence electrons. The summed E-state index contributed by atoms with van der Waals surface area (Å²) in [6.07, 6.45) is 2.10. The van der Waals surface area contributed by atoms with E-state index in [-0.39, 0.29) is 0 Å². The van der Waals surface area contributed by atoms with Crippen molar-refractivity contribution in [2.24, 2.45) is 0 Å². The van der Waals surface area contributed by atoms with Crippen molar-refractivity contribution in [3.63, 3.8) is 0 Å². The van der Waals surface area contributed by atoms with E-state index in [1.54, 1.807) is 0 Å². The minimum Gasteiger partial charge on any atom is -0.549 e. The average molecular weight is 130 g/mol. The monoisotopic (exact) mass is 130 g/mol. The number of rotatable bonds is 0. The van der Waals surface area contributed by atoms with Crippen LogP contribution in [0.15, 0.2) is 23.3 Å². The summed E-state index contributed by atoms with van der Waals surface area (Å²) in [4.78, 5) is 0. The Morgan fingerprint density at radius 1 is 1.71 bits per heavy atom. The van der Waals surface area contributed by atoms with Crippen LogP contribution in [0, 0.1) is 0 Å². The molecule has 0 aromatic carbocycles. The van der Waals surface area contributed by atoms with Crippen molar-refractivity contribution in [2.75, 3.05) is 0 Å². The molecule has 0 amide bonds. The fourth-order valence-corrected chi connectivity index (χ4v) is 2.36. The smallest absolute Gasteiger partial charge is 0.0425 e. The molecule has 1 heterocycles. The summed E-state index contributed by atoms with van der Waals surface area (Å²) in [5.41, 5.74) is 1.34. The standard InChI is InChI=1S/C5H7PS/c1-5-2-3-6(7)4-5/h2-4,6H,1H3. The Balaban J connectivity index is 2.69. The van der Waals surface area contributed by atoms with Crippen LogP contribution in [0.1, 0.15) is 6.92 Å². The maximum absolute atomic E-state index is 5.02. The van der Waals surface area contributed by atoms with Gasteiger partial charge in [0.05, 0.1) is 0 Å². The van der Waals surface area contributed by atoms with E-state index in [1.165, 1.54) is 5.57 Å². The summed E-state index contributed by atoms with van der Waals surface area (Å²) in [5.74, 6) is 4.29. The van der Waals surface area contributed by atoms with Gasteiger partial charge in [-0.3, -0.25) is 0 Å². The Labute approximate surface area is 50.2 Å². The minimum absolute atomic E-state index is 0.565. The maximum atomic E-state index is 5.02. The quantitative estimate of drug-likeness (QED) is 0.357. The highest BCUT2D eigenvalue weighted by Gasteiger charge is 1.97. The van der Waals surface area contributed by atoms with Crippen molar-refractivity contribution in [2.45, 2.75) is 6.92 Å². The van der Waals surface area contributed by atoms with Crippen LogP contribution in [0.2, 0.25) is 0 Å². The molecule has 2 heteroatoms. The Morgan fingerprint density at radius 2 is 2.43 bits per heavy atom. The fourth-order valence-electron chi connectivity index (χ4n) is 0.534. The van der Waals surface area contributed by atoms with Crippen molar-refractivity contribution in [3.05, 3.63) is 23.3 Å². The normalized spacial score (nSPS) is 28.3. The molecule has 0 aliphatic carbocycles. The van der Waals surface area contributed by atoms with Crippen LogP contribution in [0.4, 0.5) is 0 Å². The lowest BCUT2D eigenvalue weighted by Crippen LogP contribution is -1.51. The largest absolute Gasteiger partial charge is 0.549 e. The Morgan fingerprint density at radius 3 is 2.57 bits per heavy atom. The molecule has 7 heavy (non-hydrogen) atoms. The van der Waals surface area contributed by atoms with Gasteiger partial charge in [-0.1, -0.05) is 7.12 Å². The van der Waals surface area contributed by atoms with E-state index in [0.717, 1.165) is 0 Å². The van der Waals surface area contributed by atoms with E-state index < -0.39 is 7.12 Å². The van der Waals surface area contributed by atoms with Crippen molar-refractivity contribution in [3.8, 4) is 0 Å². The van der Waals surface area contributed by atoms with Crippen LogP contribution in [-0.2, 0) is 12.2 Å². The molecular weight excluding hydrogens is 123 g/mol. The van der Waals surface area contributed by atoms with Crippen molar-refractivity contribution < 1.29 is 0 Å². The summed E-state index contributed by atoms with van der Waals surface area (Å²) in [5, 5.41) is 0. The molecule has 0 aromatic rings. The van der Waals surface area contributed by atoms with Crippen LogP contribution in [0.25, 0.3) is 0 Å². The Kier molecular flexibility index (Phi) is 1.56. The fraction of sp³-hybridized carbons (Fsp3) is 0.200.